The van der Waals surface area contributed by atoms with Crippen molar-refractivity contribution in [3.8, 4) is 6.07 Å². The lowest BCUT2D eigenvalue weighted by Crippen LogP contribution is -2.04. The van der Waals surface area contributed by atoms with Gasteiger partial charge in [0.05, 0.1) is 29.6 Å². The summed E-state index contributed by atoms with van der Waals surface area (Å²) >= 11 is 3.48. The van der Waals surface area contributed by atoms with E-state index in [1.165, 1.54) is 0 Å². The fraction of sp³-hybridized carbons (Fsp3) is 0.125. The van der Waals surface area contributed by atoms with Gasteiger partial charge in [-0.05, 0) is 53.2 Å². The summed E-state index contributed by atoms with van der Waals surface area (Å²) in [5, 5.41) is 12.3. The molecule has 0 saturated carbocycles. The maximum absolute atomic E-state index is 8.88. The van der Waals surface area contributed by atoms with Crippen LogP contribution in [-0.2, 0) is 6.54 Å². The molecule has 4 nitrogen and oxygen atoms in total. The molecule has 0 atom stereocenters. The molecule has 2 heterocycles. The predicted octanol–water partition coefficient (Wildman–Crippen LogP) is 3.89. The third-order valence-electron chi connectivity index (χ3n) is 3.37. The minimum Gasteiger partial charge on any atom is -0.378 e. The van der Waals surface area contributed by atoms with Crippen molar-refractivity contribution in [3.05, 3.63) is 64.0 Å². The molecular formula is C16H13BrN4. The molecule has 104 valence electrons. The van der Waals surface area contributed by atoms with Crippen LogP contribution in [0.4, 0.5) is 5.69 Å². The number of imidazole rings is 1. The quantitative estimate of drug-likeness (QED) is 0.786. The smallest absolute Gasteiger partial charge is 0.137 e. The molecule has 21 heavy (non-hydrogen) atoms. The van der Waals surface area contributed by atoms with E-state index in [0.717, 1.165) is 27.2 Å². The monoisotopic (exact) mass is 340 g/mol. The van der Waals surface area contributed by atoms with Crippen molar-refractivity contribution in [2.75, 3.05) is 5.32 Å². The van der Waals surface area contributed by atoms with Crippen molar-refractivity contribution in [3.63, 3.8) is 0 Å². The van der Waals surface area contributed by atoms with Crippen molar-refractivity contribution in [1.29, 1.82) is 5.26 Å². The summed E-state index contributed by atoms with van der Waals surface area (Å²) < 4.78 is 2.97. The number of nitrogens with zero attached hydrogens (tertiary/aromatic N) is 3. The number of aryl methyl sites for hydroxylation is 1. The van der Waals surface area contributed by atoms with Gasteiger partial charge in [-0.15, -0.1) is 0 Å². The number of nitrogens with one attached hydrogen (secondary N) is 1. The highest BCUT2D eigenvalue weighted by Crippen LogP contribution is 2.24. The number of hydrogen-bond donors (Lipinski definition) is 1. The van der Waals surface area contributed by atoms with Crippen LogP contribution in [0.5, 0.6) is 0 Å². The van der Waals surface area contributed by atoms with Crippen molar-refractivity contribution in [2.24, 2.45) is 0 Å². The third-order valence-corrected chi connectivity index (χ3v) is 4.03. The second kappa shape index (κ2) is 5.58. The molecule has 0 bridgehead atoms. The molecule has 0 aliphatic heterocycles. The summed E-state index contributed by atoms with van der Waals surface area (Å²) in [7, 11) is 0. The van der Waals surface area contributed by atoms with Gasteiger partial charge in [0.2, 0.25) is 0 Å². The number of pyridine rings is 1. The summed E-state index contributed by atoms with van der Waals surface area (Å²) in [6.07, 6.45) is 2.01. The molecule has 0 unspecified atom stereocenters. The highest BCUT2D eigenvalue weighted by atomic mass is 79.9. The first kappa shape index (κ1) is 13.7. The predicted molar refractivity (Wildman–Crippen MR) is 86.1 cm³/mol. The molecule has 0 aliphatic carbocycles. The Kier molecular flexibility index (Phi) is 3.63. The van der Waals surface area contributed by atoms with Gasteiger partial charge in [0.15, 0.2) is 0 Å². The first-order valence-corrected chi connectivity index (χ1v) is 7.34. The molecule has 0 saturated heterocycles. The molecule has 1 N–H and O–H groups in total. The van der Waals surface area contributed by atoms with E-state index in [1.807, 2.05) is 43.5 Å². The molecule has 5 heteroatoms. The van der Waals surface area contributed by atoms with Crippen molar-refractivity contribution >= 4 is 27.3 Å². The first-order valence-electron chi connectivity index (χ1n) is 6.55. The average Bonchev–Trinajstić information content (AvgIpc) is 2.81. The van der Waals surface area contributed by atoms with Gasteiger partial charge in [-0.25, -0.2) is 4.98 Å². The maximum Gasteiger partial charge on any atom is 0.137 e. The van der Waals surface area contributed by atoms with Crippen molar-refractivity contribution in [1.82, 2.24) is 9.38 Å². The lowest BCUT2D eigenvalue weighted by Gasteiger charge is -2.09. The lowest BCUT2D eigenvalue weighted by molar-refractivity contribution is 0.986. The first-order chi connectivity index (χ1) is 10.2. The fourth-order valence-corrected chi connectivity index (χ4v) is 2.80. The van der Waals surface area contributed by atoms with E-state index in [0.29, 0.717) is 12.1 Å². The summed E-state index contributed by atoms with van der Waals surface area (Å²) in [5.74, 6) is 0. The Bertz CT molecular complexity index is 845. The van der Waals surface area contributed by atoms with E-state index in [-0.39, 0.29) is 0 Å². The standard InChI is InChI=1S/C16H13BrN4/c1-11-15(21-7-3-2-4-16(21)20-11)10-19-14-6-5-12(9-18)8-13(14)17/h2-8,19H,10H2,1H3. The van der Waals surface area contributed by atoms with Crippen LogP contribution in [0.2, 0.25) is 0 Å². The molecule has 0 spiro atoms. The Morgan fingerprint density at radius 2 is 2.19 bits per heavy atom. The Balaban J connectivity index is 1.87. The minimum atomic E-state index is 0.637. The Morgan fingerprint density at radius 1 is 1.33 bits per heavy atom. The molecule has 2 aromatic heterocycles. The zero-order chi connectivity index (χ0) is 14.8. The van der Waals surface area contributed by atoms with Gasteiger partial charge >= 0.3 is 0 Å². The minimum absolute atomic E-state index is 0.637. The largest absolute Gasteiger partial charge is 0.378 e. The summed E-state index contributed by atoms with van der Waals surface area (Å²) in [6, 6.07) is 13.6. The van der Waals surface area contributed by atoms with Gasteiger partial charge in [0.1, 0.15) is 5.65 Å². The number of anilines is 1. The Morgan fingerprint density at radius 3 is 2.95 bits per heavy atom. The second-order valence-electron chi connectivity index (χ2n) is 4.73. The maximum atomic E-state index is 8.88. The molecule has 0 fully saturated rings. The molecule has 0 amide bonds. The number of hydrogen-bond acceptors (Lipinski definition) is 3. The molecule has 3 rings (SSSR count). The lowest BCUT2D eigenvalue weighted by atomic mass is 10.2. The van der Waals surface area contributed by atoms with Crippen LogP contribution in [-0.4, -0.2) is 9.38 Å². The van der Waals surface area contributed by atoms with Crippen LogP contribution in [0.25, 0.3) is 5.65 Å². The number of benzene rings is 1. The number of halogens is 1. The second-order valence-corrected chi connectivity index (χ2v) is 5.59. The summed E-state index contributed by atoms with van der Waals surface area (Å²) in [5.41, 5.74) is 4.68. The van der Waals surface area contributed by atoms with Gasteiger partial charge in [-0.1, -0.05) is 6.07 Å². The van der Waals surface area contributed by atoms with E-state index >= 15 is 0 Å². The van der Waals surface area contributed by atoms with Gasteiger partial charge in [-0.3, -0.25) is 0 Å². The van der Waals surface area contributed by atoms with Gasteiger partial charge in [-0.2, -0.15) is 5.26 Å². The Hall–Kier alpha value is -2.32. The van der Waals surface area contributed by atoms with Gasteiger partial charge in [0.25, 0.3) is 0 Å². The molecule has 3 aromatic rings. The number of nitriles is 1. The number of aromatic nitrogens is 2. The highest BCUT2D eigenvalue weighted by molar-refractivity contribution is 9.10. The van der Waals surface area contributed by atoms with Crippen molar-refractivity contribution in [2.45, 2.75) is 13.5 Å². The van der Waals surface area contributed by atoms with Crippen LogP contribution in [0.3, 0.4) is 0 Å². The van der Waals surface area contributed by atoms with E-state index in [9.17, 15) is 0 Å². The normalized spacial score (nSPS) is 10.5. The fourth-order valence-electron chi connectivity index (χ4n) is 2.28. The van der Waals surface area contributed by atoms with Crippen LogP contribution in [0.1, 0.15) is 17.0 Å². The molecule has 0 radical (unpaired) electrons. The summed E-state index contributed by atoms with van der Waals surface area (Å²) in [6.45, 7) is 2.68. The van der Waals surface area contributed by atoms with Gasteiger partial charge in [0, 0.05) is 16.4 Å². The SMILES string of the molecule is Cc1nc2ccccn2c1CNc1ccc(C#N)cc1Br. The zero-order valence-electron chi connectivity index (χ0n) is 11.5. The van der Waals surface area contributed by atoms with Gasteiger partial charge < -0.3 is 9.72 Å². The summed E-state index contributed by atoms with van der Waals surface area (Å²) in [4.78, 5) is 4.54. The topological polar surface area (TPSA) is 53.1 Å². The van der Waals surface area contributed by atoms with E-state index in [4.69, 9.17) is 5.26 Å². The van der Waals surface area contributed by atoms with Crippen LogP contribution >= 0.6 is 15.9 Å². The van der Waals surface area contributed by atoms with Crippen LogP contribution in [0.15, 0.2) is 47.1 Å². The molecular weight excluding hydrogens is 328 g/mol. The third kappa shape index (κ3) is 2.63. The molecule has 1 aromatic carbocycles. The average molecular weight is 341 g/mol. The molecule has 0 aliphatic rings. The van der Waals surface area contributed by atoms with E-state index in [2.05, 4.69) is 36.7 Å². The van der Waals surface area contributed by atoms with Crippen LogP contribution < -0.4 is 5.32 Å². The Labute approximate surface area is 131 Å². The number of rotatable bonds is 3. The van der Waals surface area contributed by atoms with E-state index in [1.54, 1.807) is 6.07 Å². The highest BCUT2D eigenvalue weighted by Gasteiger charge is 2.08. The number of fused-ring (bicyclic) bond motifs is 1. The van der Waals surface area contributed by atoms with Crippen LogP contribution in [0, 0.1) is 18.3 Å². The van der Waals surface area contributed by atoms with E-state index < -0.39 is 0 Å². The van der Waals surface area contributed by atoms with Crippen molar-refractivity contribution < 1.29 is 0 Å². The zero-order valence-corrected chi connectivity index (χ0v) is 13.1.